The van der Waals surface area contributed by atoms with E-state index in [1.807, 2.05) is 37.3 Å². The van der Waals surface area contributed by atoms with E-state index in [1.54, 1.807) is 26.3 Å². The van der Waals surface area contributed by atoms with Gasteiger partial charge in [-0.05, 0) is 42.3 Å². The number of carbonyl (C=O) groups is 1. The minimum Gasteiger partial charge on any atom is -0.497 e. The van der Waals surface area contributed by atoms with Gasteiger partial charge in [0.1, 0.15) is 11.5 Å². The van der Waals surface area contributed by atoms with Gasteiger partial charge in [-0.3, -0.25) is 9.10 Å². The zero-order chi connectivity index (χ0) is 20.5. The fourth-order valence-corrected chi connectivity index (χ4v) is 4.04. The van der Waals surface area contributed by atoms with Crippen molar-refractivity contribution in [2.24, 2.45) is 0 Å². The molecule has 8 heteroatoms. The van der Waals surface area contributed by atoms with Crippen LogP contribution in [0.4, 0.5) is 5.69 Å². The highest BCUT2D eigenvalue weighted by Crippen LogP contribution is 2.36. The number of likely N-dealkylation sites (N-methyl/N-ethyl adjacent to an activating group) is 1. The number of nitrogens with zero attached hydrogens (tertiary/aromatic N) is 2. The second-order valence-electron chi connectivity index (χ2n) is 6.91. The summed E-state index contributed by atoms with van der Waals surface area (Å²) >= 11 is 0. The van der Waals surface area contributed by atoms with Crippen molar-refractivity contribution in [2.75, 3.05) is 31.3 Å². The largest absolute Gasteiger partial charge is 0.497 e. The number of hydrogen-bond acceptors (Lipinski definition) is 5. The molecule has 7 nitrogen and oxygen atoms in total. The van der Waals surface area contributed by atoms with Gasteiger partial charge in [-0.25, -0.2) is 8.42 Å². The van der Waals surface area contributed by atoms with Crippen molar-refractivity contribution in [3.8, 4) is 11.5 Å². The Morgan fingerprint density at radius 1 is 1.25 bits per heavy atom. The Kier molecular flexibility index (Phi) is 5.51. The monoisotopic (exact) mass is 404 g/mol. The van der Waals surface area contributed by atoms with Gasteiger partial charge in [0.2, 0.25) is 10.0 Å². The van der Waals surface area contributed by atoms with Gasteiger partial charge in [0.05, 0.1) is 25.6 Å². The lowest BCUT2D eigenvalue weighted by molar-refractivity contribution is -0.137. The summed E-state index contributed by atoms with van der Waals surface area (Å²) in [6, 6.07) is 12.7. The normalized spacial score (nSPS) is 16.1. The van der Waals surface area contributed by atoms with E-state index in [4.69, 9.17) is 9.47 Å². The van der Waals surface area contributed by atoms with E-state index < -0.39 is 16.1 Å². The third kappa shape index (κ3) is 4.22. The van der Waals surface area contributed by atoms with Gasteiger partial charge >= 0.3 is 0 Å². The first-order chi connectivity index (χ1) is 13.2. The Hall–Kier alpha value is -2.74. The van der Waals surface area contributed by atoms with Crippen molar-refractivity contribution >= 4 is 21.6 Å². The van der Waals surface area contributed by atoms with Crippen LogP contribution in [0.5, 0.6) is 11.5 Å². The molecule has 0 N–H and O–H groups in total. The Bertz CT molecular complexity index is 973. The fraction of sp³-hybridized carbons (Fsp3) is 0.350. The zero-order valence-electron chi connectivity index (χ0n) is 16.4. The SMILES string of the molecule is COc1ccc(CN(C)C(=O)C2CN(S(C)(=O)=O)c3cc(C)ccc3O2)cc1. The smallest absolute Gasteiger partial charge is 0.265 e. The zero-order valence-corrected chi connectivity index (χ0v) is 17.2. The van der Waals surface area contributed by atoms with E-state index in [1.165, 1.54) is 9.21 Å². The summed E-state index contributed by atoms with van der Waals surface area (Å²) in [4.78, 5) is 14.5. The van der Waals surface area contributed by atoms with Crippen LogP contribution in [0.25, 0.3) is 0 Å². The molecule has 0 spiro atoms. The molecule has 0 saturated carbocycles. The van der Waals surface area contributed by atoms with Crippen molar-refractivity contribution in [3.63, 3.8) is 0 Å². The van der Waals surface area contributed by atoms with E-state index in [0.29, 0.717) is 18.0 Å². The molecule has 2 aromatic carbocycles. The van der Waals surface area contributed by atoms with Crippen LogP contribution in [0, 0.1) is 6.92 Å². The molecule has 0 bridgehead atoms. The lowest BCUT2D eigenvalue weighted by Gasteiger charge is -2.35. The molecule has 150 valence electrons. The standard InChI is InChI=1S/C20H24N2O5S/c1-14-5-10-18-17(11-14)22(28(4,24)25)13-19(27-18)20(23)21(2)12-15-6-8-16(26-3)9-7-15/h5-11,19H,12-13H2,1-4H3. The van der Waals surface area contributed by atoms with Crippen LogP contribution in [0.3, 0.4) is 0 Å². The third-order valence-electron chi connectivity index (χ3n) is 4.61. The summed E-state index contributed by atoms with van der Waals surface area (Å²) in [5, 5.41) is 0. The first-order valence-corrected chi connectivity index (χ1v) is 10.7. The highest BCUT2D eigenvalue weighted by Gasteiger charge is 2.36. The number of hydrogen-bond donors (Lipinski definition) is 0. The van der Waals surface area contributed by atoms with Gasteiger partial charge in [0, 0.05) is 13.6 Å². The molecule has 1 heterocycles. The van der Waals surface area contributed by atoms with E-state index in [9.17, 15) is 13.2 Å². The summed E-state index contributed by atoms with van der Waals surface area (Å²) in [6.07, 6.45) is 0.223. The number of sulfonamides is 1. The molecule has 1 aliphatic rings. The quantitative estimate of drug-likeness (QED) is 0.764. The number of benzene rings is 2. The molecule has 1 atom stereocenters. The summed E-state index contributed by atoms with van der Waals surface area (Å²) in [5.41, 5.74) is 2.31. The maximum atomic E-state index is 12.9. The van der Waals surface area contributed by atoms with Gasteiger partial charge in [-0.1, -0.05) is 18.2 Å². The van der Waals surface area contributed by atoms with Gasteiger partial charge in [0.15, 0.2) is 6.10 Å². The second kappa shape index (κ2) is 7.71. The number of aryl methyl sites for hydroxylation is 1. The van der Waals surface area contributed by atoms with Crippen molar-refractivity contribution in [1.29, 1.82) is 0 Å². The average Bonchev–Trinajstić information content (AvgIpc) is 2.66. The van der Waals surface area contributed by atoms with Crippen LogP contribution < -0.4 is 13.8 Å². The number of carbonyl (C=O) groups excluding carboxylic acids is 1. The van der Waals surface area contributed by atoms with Crippen LogP contribution in [0.15, 0.2) is 42.5 Å². The van der Waals surface area contributed by atoms with E-state index in [0.717, 1.165) is 23.1 Å². The van der Waals surface area contributed by atoms with Crippen LogP contribution in [-0.4, -0.2) is 52.3 Å². The highest BCUT2D eigenvalue weighted by atomic mass is 32.2. The molecule has 0 saturated heterocycles. The maximum Gasteiger partial charge on any atom is 0.265 e. The first kappa shape index (κ1) is 20.0. The maximum absolute atomic E-state index is 12.9. The number of fused-ring (bicyclic) bond motifs is 1. The lowest BCUT2D eigenvalue weighted by Crippen LogP contribution is -2.50. The second-order valence-corrected chi connectivity index (χ2v) is 8.82. The highest BCUT2D eigenvalue weighted by molar-refractivity contribution is 7.92. The van der Waals surface area contributed by atoms with Gasteiger partial charge < -0.3 is 14.4 Å². The van der Waals surface area contributed by atoms with Crippen molar-refractivity contribution in [3.05, 3.63) is 53.6 Å². The average molecular weight is 404 g/mol. The predicted molar refractivity (Wildman–Crippen MR) is 107 cm³/mol. The number of rotatable bonds is 5. The van der Waals surface area contributed by atoms with Crippen LogP contribution in [0.2, 0.25) is 0 Å². The summed E-state index contributed by atoms with van der Waals surface area (Å²) < 4.78 is 36.8. The molecular weight excluding hydrogens is 380 g/mol. The molecule has 0 aliphatic carbocycles. The minimum absolute atomic E-state index is 0.0545. The molecule has 1 unspecified atom stereocenters. The summed E-state index contributed by atoms with van der Waals surface area (Å²) in [7, 11) is -0.279. The summed E-state index contributed by atoms with van der Waals surface area (Å²) in [6.45, 7) is 2.20. The molecular formula is C20H24N2O5S. The number of ether oxygens (including phenoxy) is 2. The minimum atomic E-state index is -3.55. The third-order valence-corrected chi connectivity index (χ3v) is 5.76. The molecule has 2 aromatic rings. The lowest BCUT2D eigenvalue weighted by atomic mass is 10.1. The van der Waals surface area contributed by atoms with Gasteiger partial charge in [-0.15, -0.1) is 0 Å². The Morgan fingerprint density at radius 3 is 2.54 bits per heavy atom. The molecule has 1 aliphatic heterocycles. The summed E-state index contributed by atoms with van der Waals surface area (Å²) in [5.74, 6) is 0.846. The predicted octanol–water partition coefficient (Wildman–Crippen LogP) is 2.19. The van der Waals surface area contributed by atoms with Crippen LogP contribution in [0.1, 0.15) is 11.1 Å². The Morgan fingerprint density at radius 2 is 1.93 bits per heavy atom. The topological polar surface area (TPSA) is 76.2 Å². The molecule has 0 radical (unpaired) electrons. The number of methoxy groups -OCH3 is 1. The van der Waals surface area contributed by atoms with Gasteiger partial charge in [-0.2, -0.15) is 0 Å². The molecule has 28 heavy (non-hydrogen) atoms. The van der Waals surface area contributed by atoms with Crippen molar-refractivity contribution in [1.82, 2.24) is 4.90 Å². The Labute approximate surface area is 165 Å². The molecule has 3 rings (SSSR count). The van der Waals surface area contributed by atoms with E-state index >= 15 is 0 Å². The van der Waals surface area contributed by atoms with Crippen molar-refractivity contribution < 1.29 is 22.7 Å². The van der Waals surface area contributed by atoms with E-state index in [-0.39, 0.29) is 12.5 Å². The van der Waals surface area contributed by atoms with E-state index in [2.05, 4.69) is 0 Å². The van der Waals surface area contributed by atoms with Crippen LogP contribution in [-0.2, 0) is 21.4 Å². The van der Waals surface area contributed by atoms with Gasteiger partial charge in [0.25, 0.3) is 5.91 Å². The first-order valence-electron chi connectivity index (χ1n) is 8.82. The molecule has 0 fully saturated rings. The van der Waals surface area contributed by atoms with Crippen molar-refractivity contribution in [2.45, 2.75) is 19.6 Å². The molecule has 0 aromatic heterocycles. The van der Waals surface area contributed by atoms with Crippen LogP contribution >= 0.6 is 0 Å². The Balaban J connectivity index is 1.80. The number of amides is 1. The fourth-order valence-electron chi connectivity index (χ4n) is 3.13. The number of anilines is 1. The molecule has 1 amide bonds.